The molecule has 1 N–H and O–H groups in total. The molecular formula is C16H15N3O3. The predicted octanol–water partition coefficient (Wildman–Crippen LogP) is 3.05. The molecule has 112 valence electrons. The van der Waals surface area contributed by atoms with Crippen LogP contribution in [0.4, 0.5) is 5.69 Å². The maximum atomic E-state index is 12.4. The third-order valence-corrected chi connectivity index (χ3v) is 3.25. The summed E-state index contributed by atoms with van der Waals surface area (Å²) in [6, 6.07) is 6.83. The fraction of sp³-hybridized carbons (Fsp3) is 0.188. The number of amides is 1. The minimum absolute atomic E-state index is 0.272. The smallest absolute Gasteiger partial charge is 0.259 e. The summed E-state index contributed by atoms with van der Waals surface area (Å²) >= 11 is 0. The van der Waals surface area contributed by atoms with E-state index in [1.54, 1.807) is 36.7 Å². The second kappa shape index (κ2) is 5.85. The van der Waals surface area contributed by atoms with Gasteiger partial charge in [0.1, 0.15) is 0 Å². The van der Waals surface area contributed by atoms with Crippen molar-refractivity contribution in [2.45, 2.75) is 13.3 Å². The highest BCUT2D eigenvalue weighted by atomic mass is 16.5. The average Bonchev–Trinajstić information content (AvgIpc) is 2.98. The number of hydrogen-bond donors (Lipinski definition) is 1. The van der Waals surface area contributed by atoms with E-state index in [1.165, 1.54) is 7.11 Å². The highest BCUT2D eigenvalue weighted by molar-refractivity contribution is 6.09. The number of carbonyl (C=O) groups excluding carboxylic acids is 1. The number of benzene rings is 1. The molecule has 0 saturated heterocycles. The topological polar surface area (TPSA) is 77.2 Å². The van der Waals surface area contributed by atoms with Crippen LogP contribution in [0.1, 0.15) is 23.2 Å². The molecule has 1 amide bonds. The summed E-state index contributed by atoms with van der Waals surface area (Å²) in [6.45, 7) is 1.95. The molecule has 2 aromatic heterocycles. The first kappa shape index (κ1) is 14.1. The van der Waals surface area contributed by atoms with E-state index in [2.05, 4.69) is 15.3 Å². The highest BCUT2D eigenvalue weighted by Crippen LogP contribution is 2.30. The van der Waals surface area contributed by atoms with Gasteiger partial charge in [0.05, 0.1) is 12.7 Å². The van der Waals surface area contributed by atoms with Gasteiger partial charge in [0, 0.05) is 24.5 Å². The Morgan fingerprint density at radius 2 is 2.05 bits per heavy atom. The van der Waals surface area contributed by atoms with Crippen LogP contribution in [-0.4, -0.2) is 23.0 Å². The molecule has 0 spiro atoms. The van der Waals surface area contributed by atoms with Crippen molar-refractivity contribution in [1.82, 2.24) is 9.97 Å². The van der Waals surface area contributed by atoms with Crippen LogP contribution in [0.5, 0.6) is 5.75 Å². The SMILES string of the molecule is CCc1nc2c(OC)c(C(=O)Nc3ccncc3)ccc2o1. The molecule has 6 heteroatoms. The van der Waals surface area contributed by atoms with E-state index in [1.807, 2.05) is 6.92 Å². The van der Waals surface area contributed by atoms with Crippen molar-refractivity contribution in [1.29, 1.82) is 0 Å². The molecule has 0 radical (unpaired) electrons. The Morgan fingerprint density at radius 3 is 2.73 bits per heavy atom. The number of methoxy groups -OCH3 is 1. The lowest BCUT2D eigenvalue weighted by atomic mass is 10.1. The molecule has 0 aliphatic heterocycles. The zero-order chi connectivity index (χ0) is 15.5. The van der Waals surface area contributed by atoms with Gasteiger partial charge in [-0.05, 0) is 24.3 Å². The predicted molar refractivity (Wildman–Crippen MR) is 82.1 cm³/mol. The van der Waals surface area contributed by atoms with E-state index in [9.17, 15) is 4.79 Å². The molecule has 0 aliphatic carbocycles. The number of hydrogen-bond acceptors (Lipinski definition) is 5. The molecule has 1 aromatic carbocycles. The Labute approximate surface area is 127 Å². The van der Waals surface area contributed by atoms with Gasteiger partial charge in [-0.3, -0.25) is 9.78 Å². The first-order chi connectivity index (χ1) is 10.7. The lowest BCUT2D eigenvalue weighted by molar-refractivity contribution is 0.102. The summed E-state index contributed by atoms with van der Waals surface area (Å²) in [5.41, 5.74) is 2.23. The van der Waals surface area contributed by atoms with Crippen LogP contribution < -0.4 is 10.1 Å². The van der Waals surface area contributed by atoms with Crippen LogP contribution in [0, 0.1) is 0 Å². The van der Waals surface area contributed by atoms with Gasteiger partial charge in [-0.15, -0.1) is 0 Å². The Morgan fingerprint density at radius 1 is 1.27 bits per heavy atom. The number of oxazole rings is 1. The van der Waals surface area contributed by atoms with Crippen LogP contribution >= 0.6 is 0 Å². The van der Waals surface area contributed by atoms with E-state index in [-0.39, 0.29) is 5.91 Å². The Kier molecular flexibility index (Phi) is 3.74. The van der Waals surface area contributed by atoms with Crippen molar-refractivity contribution < 1.29 is 13.9 Å². The van der Waals surface area contributed by atoms with E-state index >= 15 is 0 Å². The Bertz CT molecular complexity index is 812. The Balaban J connectivity index is 2.00. The maximum absolute atomic E-state index is 12.4. The number of aromatic nitrogens is 2. The first-order valence-corrected chi connectivity index (χ1v) is 6.90. The largest absolute Gasteiger partial charge is 0.493 e. The van der Waals surface area contributed by atoms with E-state index < -0.39 is 0 Å². The van der Waals surface area contributed by atoms with Crippen LogP contribution in [0.3, 0.4) is 0 Å². The zero-order valence-corrected chi connectivity index (χ0v) is 12.3. The molecule has 6 nitrogen and oxygen atoms in total. The fourth-order valence-electron chi connectivity index (χ4n) is 2.19. The zero-order valence-electron chi connectivity index (χ0n) is 12.3. The summed E-state index contributed by atoms with van der Waals surface area (Å²) in [5, 5.41) is 2.80. The van der Waals surface area contributed by atoms with Crippen LogP contribution in [-0.2, 0) is 6.42 Å². The summed E-state index contributed by atoms with van der Waals surface area (Å²) < 4.78 is 11.0. The van der Waals surface area contributed by atoms with Crippen molar-refractivity contribution in [3.8, 4) is 5.75 Å². The number of nitrogens with one attached hydrogen (secondary N) is 1. The molecule has 3 rings (SSSR count). The first-order valence-electron chi connectivity index (χ1n) is 6.90. The van der Waals surface area contributed by atoms with Crippen molar-refractivity contribution in [2.24, 2.45) is 0 Å². The molecule has 0 aliphatic rings. The molecule has 2 heterocycles. The molecule has 0 unspecified atom stereocenters. The summed E-state index contributed by atoms with van der Waals surface area (Å²) in [5.74, 6) is 0.749. The number of ether oxygens (including phenoxy) is 1. The van der Waals surface area contributed by atoms with Gasteiger partial charge in [0.25, 0.3) is 5.91 Å². The summed E-state index contributed by atoms with van der Waals surface area (Å²) in [7, 11) is 1.51. The maximum Gasteiger partial charge on any atom is 0.259 e. The third kappa shape index (κ3) is 2.50. The van der Waals surface area contributed by atoms with Crippen molar-refractivity contribution in [2.75, 3.05) is 12.4 Å². The number of fused-ring (bicyclic) bond motifs is 1. The second-order valence-electron chi connectivity index (χ2n) is 4.64. The van der Waals surface area contributed by atoms with Crippen molar-refractivity contribution in [3.05, 3.63) is 48.1 Å². The number of rotatable bonds is 4. The third-order valence-electron chi connectivity index (χ3n) is 3.25. The number of anilines is 1. The molecule has 0 saturated carbocycles. The van der Waals surface area contributed by atoms with Crippen LogP contribution in [0.2, 0.25) is 0 Å². The van der Waals surface area contributed by atoms with Crippen LogP contribution in [0.15, 0.2) is 41.1 Å². The van der Waals surface area contributed by atoms with Gasteiger partial charge in [-0.2, -0.15) is 0 Å². The lowest BCUT2D eigenvalue weighted by Crippen LogP contribution is -2.13. The van der Waals surface area contributed by atoms with E-state index in [4.69, 9.17) is 9.15 Å². The fourth-order valence-corrected chi connectivity index (χ4v) is 2.19. The molecule has 0 bridgehead atoms. The average molecular weight is 297 g/mol. The number of pyridine rings is 1. The second-order valence-corrected chi connectivity index (χ2v) is 4.64. The minimum atomic E-state index is -0.272. The molecule has 0 fully saturated rings. The minimum Gasteiger partial charge on any atom is -0.493 e. The van der Waals surface area contributed by atoms with Gasteiger partial charge in [0.2, 0.25) is 0 Å². The van der Waals surface area contributed by atoms with Crippen LogP contribution in [0.25, 0.3) is 11.1 Å². The van der Waals surface area contributed by atoms with Crippen molar-refractivity contribution in [3.63, 3.8) is 0 Å². The highest BCUT2D eigenvalue weighted by Gasteiger charge is 2.19. The standard InChI is InChI=1S/C16H15N3O3/c1-3-13-19-14-12(22-13)5-4-11(15(14)21-2)16(20)18-10-6-8-17-9-7-10/h4-9H,3H2,1-2H3,(H,17,18,20). The quantitative estimate of drug-likeness (QED) is 0.801. The van der Waals surface area contributed by atoms with Gasteiger partial charge >= 0.3 is 0 Å². The molecule has 0 atom stereocenters. The van der Waals surface area contributed by atoms with Gasteiger partial charge in [-0.1, -0.05) is 6.92 Å². The normalized spacial score (nSPS) is 10.6. The van der Waals surface area contributed by atoms with E-state index in [0.29, 0.717) is 40.4 Å². The lowest BCUT2D eigenvalue weighted by Gasteiger charge is -2.09. The molecular weight excluding hydrogens is 282 g/mol. The summed E-state index contributed by atoms with van der Waals surface area (Å²) in [4.78, 5) is 20.7. The number of carbonyl (C=O) groups is 1. The summed E-state index contributed by atoms with van der Waals surface area (Å²) in [6.07, 6.45) is 3.90. The molecule has 3 aromatic rings. The Hall–Kier alpha value is -2.89. The van der Waals surface area contributed by atoms with Crippen molar-refractivity contribution >= 4 is 22.7 Å². The number of nitrogens with zero attached hydrogens (tertiary/aromatic N) is 2. The van der Waals surface area contributed by atoms with Gasteiger partial charge in [-0.25, -0.2) is 4.98 Å². The number of aryl methyl sites for hydroxylation is 1. The molecule has 22 heavy (non-hydrogen) atoms. The van der Waals surface area contributed by atoms with Gasteiger partial charge < -0.3 is 14.5 Å². The van der Waals surface area contributed by atoms with Gasteiger partial charge in [0.15, 0.2) is 22.7 Å². The van der Waals surface area contributed by atoms with E-state index in [0.717, 1.165) is 0 Å². The monoisotopic (exact) mass is 297 g/mol.